The molecule has 0 radical (unpaired) electrons. The number of benzene rings is 1. The van der Waals surface area contributed by atoms with Gasteiger partial charge in [0, 0.05) is 17.4 Å². The summed E-state index contributed by atoms with van der Waals surface area (Å²) in [5.74, 6) is 0.400. The van der Waals surface area contributed by atoms with Crippen molar-refractivity contribution in [2.75, 3.05) is 0 Å². The molecule has 4 nitrogen and oxygen atoms in total. The van der Waals surface area contributed by atoms with Crippen LogP contribution in [0.2, 0.25) is 0 Å². The minimum Gasteiger partial charge on any atom is -0.307 e. The highest BCUT2D eigenvalue weighted by Gasteiger charge is 2.20. The fraction of sp³-hybridized carbons (Fsp3) is 0.222. The van der Waals surface area contributed by atoms with Gasteiger partial charge in [0.15, 0.2) is 0 Å². The maximum absolute atomic E-state index is 11.1. The molecule has 1 aliphatic rings. The van der Waals surface area contributed by atoms with Gasteiger partial charge in [-0.25, -0.2) is 0 Å². The molecule has 0 fully saturated rings. The molecule has 0 aliphatic heterocycles. The van der Waals surface area contributed by atoms with E-state index < -0.39 is 0 Å². The number of nitrogens with one attached hydrogen (secondary N) is 1. The Bertz CT molecular complexity index is 720. The van der Waals surface area contributed by atoms with Gasteiger partial charge in [-0.2, -0.15) is 5.26 Å². The van der Waals surface area contributed by atoms with Gasteiger partial charge in [-0.15, -0.1) is 4.91 Å². The van der Waals surface area contributed by atoms with Crippen LogP contribution in [0.3, 0.4) is 0 Å². The molecular weight excluding hydrogens is 274 g/mol. The van der Waals surface area contributed by atoms with Gasteiger partial charge in [0.25, 0.3) is 0 Å². The van der Waals surface area contributed by atoms with E-state index in [0.717, 1.165) is 24.6 Å². The van der Waals surface area contributed by atoms with Crippen LogP contribution in [-0.4, -0.2) is 6.21 Å². The number of nitriles is 1. The van der Waals surface area contributed by atoms with Crippen LogP contribution in [0.4, 0.5) is 5.69 Å². The van der Waals surface area contributed by atoms with E-state index in [2.05, 4.69) is 24.2 Å². The van der Waals surface area contributed by atoms with E-state index in [-0.39, 0.29) is 11.3 Å². The van der Waals surface area contributed by atoms with Crippen LogP contribution >= 0.6 is 0 Å². The van der Waals surface area contributed by atoms with Crippen LogP contribution in [0.25, 0.3) is 5.57 Å². The van der Waals surface area contributed by atoms with Crippen LogP contribution in [0.1, 0.15) is 25.3 Å². The molecule has 0 spiro atoms. The van der Waals surface area contributed by atoms with E-state index >= 15 is 0 Å². The quantitative estimate of drug-likeness (QED) is 0.474. The lowest BCUT2D eigenvalue weighted by atomic mass is 9.83. The molecule has 1 aliphatic carbocycles. The van der Waals surface area contributed by atoms with E-state index in [4.69, 9.17) is 5.41 Å². The number of hydrogen-bond acceptors (Lipinski definition) is 4. The Morgan fingerprint density at radius 3 is 2.91 bits per heavy atom. The summed E-state index contributed by atoms with van der Waals surface area (Å²) in [5, 5.41) is 19.9. The predicted molar refractivity (Wildman–Crippen MR) is 88.8 cm³/mol. The van der Waals surface area contributed by atoms with Crippen molar-refractivity contribution in [1.82, 2.24) is 0 Å². The lowest BCUT2D eigenvalue weighted by Gasteiger charge is -2.20. The van der Waals surface area contributed by atoms with E-state index in [1.54, 1.807) is 24.3 Å². The van der Waals surface area contributed by atoms with Crippen molar-refractivity contribution in [3.63, 3.8) is 0 Å². The summed E-state index contributed by atoms with van der Waals surface area (Å²) in [4.78, 5) is 11.1. The van der Waals surface area contributed by atoms with E-state index in [9.17, 15) is 10.2 Å². The molecule has 1 aromatic rings. The van der Waals surface area contributed by atoms with Gasteiger partial charge in [0.2, 0.25) is 0 Å². The fourth-order valence-electron chi connectivity index (χ4n) is 2.63. The largest absolute Gasteiger partial charge is 0.307 e. The molecule has 1 N–H and O–H groups in total. The highest BCUT2D eigenvalue weighted by molar-refractivity contribution is 6.01. The average molecular weight is 291 g/mol. The standard InChI is InChI=1S/C18H17N3O/c1-2-13-6-5-7-14(10-13)18(15(11-19)12-20)16-8-3-4-9-17(16)21-22/h3-9,11,13,19H,2,10H2,1H3. The van der Waals surface area contributed by atoms with E-state index in [0.29, 0.717) is 17.1 Å². The highest BCUT2D eigenvalue weighted by atomic mass is 16.3. The van der Waals surface area contributed by atoms with Gasteiger partial charge >= 0.3 is 0 Å². The maximum Gasteiger partial charge on any atom is 0.115 e. The summed E-state index contributed by atoms with van der Waals surface area (Å²) >= 11 is 0. The van der Waals surface area contributed by atoms with Crippen molar-refractivity contribution < 1.29 is 0 Å². The maximum atomic E-state index is 11.1. The first-order valence-corrected chi connectivity index (χ1v) is 7.20. The van der Waals surface area contributed by atoms with Gasteiger partial charge in [-0.1, -0.05) is 43.4 Å². The second-order valence-electron chi connectivity index (χ2n) is 5.10. The van der Waals surface area contributed by atoms with Crippen molar-refractivity contribution in [3.05, 3.63) is 64.1 Å². The Balaban J connectivity index is 2.65. The van der Waals surface area contributed by atoms with E-state index in [1.807, 2.05) is 12.2 Å². The van der Waals surface area contributed by atoms with Gasteiger partial charge in [0.05, 0.1) is 5.57 Å². The summed E-state index contributed by atoms with van der Waals surface area (Å²) in [6.07, 6.45) is 8.89. The van der Waals surface area contributed by atoms with Crippen LogP contribution in [0.15, 0.2) is 58.8 Å². The third-order valence-corrected chi connectivity index (χ3v) is 3.81. The van der Waals surface area contributed by atoms with Gasteiger partial charge in [0.1, 0.15) is 11.8 Å². The van der Waals surface area contributed by atoms with Gasteiger partial charge in [-0.3, -0.25) is 0 Å². The molecule has 1 unspecified atom stereocenters. The van der Waals surface area contributed by atoms with Crippen molar-refractivity contribution in [1.29, 1.82) is 10.7 Å². The molecule has 0 saturated carbocycles. The first kappa shape index (κ1) is 15.6. The monoisotopic (exact) mass is 291 g/mol. The van der Waals surface area contributed by atoms with Gasteiger partial charge < -0.3 is 5.41 Å². The van der Waals surface area contributed by atoms with Gasteiger partial charge in [-0.05, 0) is 35.6 Å². The summed E-state index contributed by atoms with van der Waals surface area (Å²) in [7, 11) is 0. The number of nitrogens with zero attached hydrogens (tertiary/aromatic N) is 2. The SMILES string of the molecule is CCC1C=CC=C(C(=C(C#N)C=N)c2ccccc2N=O)C1. The predicted octanol–water partition coefficient (Wildman–Crippen LogP) is 4.92. The van der Waals surface area contributed by atoms with Crippen molar-refractivity contribution in [2.45, 2.75) is 19.8 Å². The summed E-state index contributed by atoms with van der Waals surface area (Å²) in [5.41, 5.74) is 2.73. The second kappa shape index (κ2) is 7.28. The Morgan fingerprint density at radius 2 is 2.27 bits per heavy atom. The minimum atomic E-state index is 0.243. The smallest absolute Gasteiger partial charge is 0.115 e. The molecule has 22 heavy (non-hydrogen) atoms. The molecule has 0 bridgehead atoms. The van der Waals surface area contributed by atoms with Crippen LogP contribution < -0.4 is 0 Å². The molecule has 0 aromatic heterocycles. The molecule has 0 heterocycles. The molecule has 4 heteroatoms. The number of hydrogen-bond donors (Lipinski definition) is 1. The van der Waals surface area contributed by atoms with Crippen molar-refractivity contribution >= 4 is 17.5 Å². The van der Waals surface area contributed by atoms with Crippen LogP contribution in [0.5, 0.6) is 0 Å². The third-order valence-electron chi connectivity index (χ3n) is 3.81. The topological polar surface area (TPSA) is 77.1 Å². The molecule has 0 amide bonds. The fourth-order valence-corrected chi connectivity index (χ4v) is 2.63. The first-order chi connectivity index (χ1) is 10.7. The van der Waals surface area contributed by atoms with Crippen LogP contribution in [0, 0.1) is 27.6 Å². The number of nitroso groups, excluding NO2 is 1. The lowest BCUT2D eigenvalue weighted by Crippen LogP contribution is -2.05. The molecular formula is C18H17N3O. The Hall–Kier alpha value is -2.80. The molecule has 1 aromatic carbocycles. The Labute approximate surface area is 130 Å². The summed E-state index contributed by atoms with van der Waals surface area (Å²) in [6.45, 7) is 2.12. The zero-order valence-electron chi connectivity index (χ0n) is 12.4. The molecule has 2 rings (SSSR count). The number of allylic oxidation sites excluding steroid dienone is 6. The normalized spacial score (nSPS) is 18.0. The molecule has 0 saturated heterocycles. The minimum absolute atomic E-state index is 0.243. The Kier molecular flexibility index (Phi) is 5.16. The Morgan fingerprint density at radius 1 is 1.50 bits per heavy atom. The van der Waals surface area contributed by atoms with Crippen molar-refractivity contribution in [2.24, 2.45) is 11.1 Å². The van der Waals surface area contributed by atoms with E-state index in [1.165, 1.54) is 0 Å². The summed E-state index contributed by atoms with van der Waals surface area (Å²) < 4.78 is 0. The zero-order valence-corrected chi connectivity index (χ0v) is 12.4. The number of rotatable bonds is 5. The second-order valence-corrected chi connectivity index (χ2v) is 5.10. The third kappa shape index (κ3) is 3.09. The average Bonchev–Trinajstić information content (AvgIpc) is 2.59. The summed E-state index contributed by atoms with van der Waals surface area (Å²) in [6, 6.07) is 8.99. The first-order valence-electron chi connectivity index (χ1n) is 7.20. The van der Waals surface area contributed by atoms with Crippen molar-refractivity contribution in [3.8, 4) is 6.07 Å². The lowest BCUT2D eigenvalue weighted by molar-refractivity contribution is 0.622. The molecule has 110 valence electrons. The van der Waals surface area contributed by atoms with Crippen LogP contribution in [-0.2, 0) is 0 Å². The zero-order chi connectivity index (χ0) is 15.9. The molecule has 1 atom stereocenters. The highest BCUT2D eigenvalue weighted by Crippen LogP contribution is 2.37.